The molecule has 1 aliphatic rings. The van der Waals surface area contributed by atoms with Gasteiger partial charge in [-0.3, -0.25) is 4.79 Å². The van der Waals surface area contributed by atoms with E-state index in [2.05, 4.69) is 5.32 Å². The average Bonchev–Trinajstić information content (AvgIpc) is 2.71. The summed E-state index contributed by atoms with van der Waals surface area (Å²) in [5.74, 6) is 1.27. The number of aliphatic hydroxyl groups excluding tert-OH is 1. The summed E-state index contributed by atoms with van der Waals surface area (Å²) in [7, 11) is 0. The molecule has 5 heteroatoms. The third-order valence-corrected chi connectivity index (χ3v) is 2.71. The summed E-state index contributed by atoms with van der Waals surface area (Å²) in [4.78, 5) is 11.2. The molecule has 1 aromatic carbocycles. The van der Waals surface area contributed by atoms with Gasteiger partial charge in [0, 0.05) is 18.2 Å². The van der Waals surface area contributed by atoms with Crippen molar-refractivity contribution >= 4 is 5.91 Å². The van der Waals surface area contributed by atoms with E-state index in [0.29, 0.717) is 31.1 Å². The fraction of sp³-hybridized carbons (Fsp3) is 0.462. The predicted octanol–water partition coefficient (Wildman–Crippen LogP) is 1.02. The highest BCUT2D eigenvalue weighted by Crippen LogP contribution is 2.34. The zero-order chi connectivity index (χ0) is 13.0. The second-order valence-electron chi connectivity index (χ2n) is 4.08. The Morgan fingerprint density at radius 2 is 2.44 bits per heavy atom. The van der Waals surface area contributed by atoms with Crippen LogP contribution >= 0.6 is 0 Å². The van der Waals surface area contributed by atoms with E-state index in [9.17, 15) is 9.90 Å². The molecular weight excluding hydrogens is 234 g/mol. The second kappa shape index (κ2) is 5.73. The van der Waals surface area contributed by atoms with Crippen LogP contribution in [0.15, 0.2) is 18.2 Å². The summed E-state index contributed by atoms with van der Waals surface area (Å²) in [6.07, 6.45) is -0.224. The molecule has 5 nitrogen and oxygen atoms in total. The smallest absolute Gasteiger partial charge is 0.223 e. The van der Waals surface area contributed by atoms with Crippen molar-refractivity contribution in [3.8, 4) is 11.5 Å². The first kappa shape index (κ1) is 12.7. The molecule has 0 fully saturated rings. The van der Waals surface area contributed by atoms with E-state index in [-0.39, 0.29) is 12.5 Å². The van der Waals surface area contributed by atoms with Gasteiger partial charge in [-0.25, -0.2) is 0 Å². The van der Waals surface area contributed by atoms with E-state index < -0.39 is 6.10 Å². The van der Waals surface area contributed by atoms with E-state index in [0.717, 1.165) is 5.56 Å². The molecule has 18 heavy (non-hydrogen) atoms. The van der Waals surface area contributed by atoms with Crippen molar-refractivity contribution in [2.24, 2.45) is 0 Å². The van der Waals surface area contributed by atoms with Crippen LogP contribution < -0.4 is 14.8 Å². The van der Waals surface area contributed by atoms with Crippen LogP contribution in [0.25, 0.3) is 0 Å². The summed E-state index contributed by atoms with van der Waals surface area (Å²) in [6.45, 7) is 3.12. The van der Waals surface area contributed by atoms with Crippen molar-refractivity contribution in [3.63, 3.8) is 0 Å². The van der Waals surface area contributed by atoms with Crippen LogP contribution in [-0.2, 0) is 4.79 Å². The summed E-state index contributed by atoms with van der Waals surface area (Å²) in [5, 5.41) is 12.3. The van der Waals surface area contributed by atoms with Crippen molar-refractivity contribution in [1.82, 2.24) is 5.32 Å². The number of hydrogen-bond acceptors (Lipinski definition) is 4. The average molecular weight is 251 g/mol. The van der Waals surface area contributed by atoms with Gasteiger partial charge in [0.15, 0.2) is 0 Å². The maximum Gasteiger partial charge on any atom is 0.223 e. The van der Waals surface area contributed by atoms with Crippen LogP contribution in [0.3, 0.4) is 0 Å². The Balaban J connectivity index is 1.86. The van der Waals surface area contributed by atoms with Crippen LogP contribution in [0.1, 0.15) is 25.0 Å². The van der Waals surface area contributed by atoms with Gasteiger partial charge in [-0.2, -0.15) is 0 Å². The summed E-state index contributed by atoms with van der Waals surface area (Å²) >= 11 is 0. The Kier molecular flexibility index (Phi) is 4.04. The van der Waals surface area contributed by atoms with E-state index in [4.69, 9.17) is 9.47 Å². The second-order valence-corrected chi connectivity index (χ2v) is 4.08. The zero-order valence-corrected chi connectivity index (χ0v) is 10.3. The molecule has 1 aliphatic heterocycles. The molecule has 1 aromatic rings. The maximum absolute atomic E-state index is 11.2. The molecule has 0 saturated heterocycles. The zero-order valence-electron chi connectivity index (χ0n) is 10.3. The van der Waals surface area contributed by atoms with Gasteiger partial charge >= 0.3 is 0 Å². The number of rotatable bonds is 5. The van der Waals surface area contributed by atoms with E-state index >= 15 is 0 Å². The molecule has 0 aliphatic carbocycles. The highest BCUT2D eigenvalue weighted by Gasteiger charge is 2.21. The number of carbonyl (C=O) groups excluding carboxylic acids is 1. The lowest BCUT2D eigenvalue weighted by Crippen LogP contribution is -2.24. The highest BCUT2D eigenvalue weighted by molar-refractivity contribution is 5.75. The van der Waals surface area contributed by atoms with Gasteiger partial charge in [-0.05, 0) is 19.1 Å². The van der Waals surface area contributed by atoms with Gasteiger partial charge in [0.25, 0.3) is 0 Å². The third kappa shape index (κ3) is 2.92. The van der Waals surface area contributed by atoms with Crippen molar-refractivity contribution < 1.29 is 19.4 Å². The third-order valence-electron chi connectivity index (χ3n) is 2.71. The molecule has 0 bridgehead atoms. The number of benzene rings is 1. The van der Waals surface area contributed by atoms with Crippen molar-refractivity contribution in [3.05, 3.63) is 23.8 Å². The lowest BCUT2D eigenvalue weighted by atomic mass is 10.1. The van der Waals surface area contributed by atoms with Crippen LogP contribution in [0, 0.1) is 0 Å². The van der Waals surface area contributed by atoms with Crippen molar-refractivity contribution in [2.45, 2.75) is 19.4 Å². The number of ether oxygens (including phenoxy) is 2. The lowest BCUT2D eigenvalue weighted by molar-refractivity contribution is -0.121. The largest absolute Gasteiger partial charge is 0.493 e. The Morgan fingerprint density at radius 1 is 1.61 bits per heavy atom. The van der Waals surface area contributed by atoms with Crippen LogP contribution in [0.5, 0.6) is 11.5 Å². The van der Waals surface area contributed by atoms with Gasteiger partial charge in [0.05, 0.1) is 13.0 Å². The van der Waals surface area contributed by atoms with Gasteiger partial charge in [0.2, 0.25) is 5.91 Å². The molecule has 1 atom stereocenters. The lowest BCUT2D eigenvalue weighted by Gasteiger charge is -2.07. The fourth-order valence-corrected chi connectivity index (χ4v) is 1.81. The molecule has 1 unspecified atom stereocenters. The molecule has 0 spiro atoms. The SMILES string of the molecule is CCNC(=O)CCOc1ccc2c(c1)OCC2O. The molecule has 1 heterocycles. The molecule has 2 N–H and O–H groups in total. The van der Waals surface area contributed by atoms with Crippen molar-refractivity contribution in [2.75, 3.05) is 19.8 Å². The Morgan fingerprint density at radius 3 is 3.22 bits per heavy atom. The number of carbonyl (C=O) groups is 1. The van der Waals surface area contributed by atoms with Crippen LogP contribution in [0.4, 0.5) is 0 Å². The monoisotopic (exact) mass is 251 g/mol. The summed E-state index contributed by atoms with van der Waals surface area (Å²) < 4.78 is 10.8. The molecular formula is C13H17NO4. The Labute approximate surface area is 106 Å². The fourth-order valence-electron chi connectivity index (χ4n) is 1.81. The minimum atomic E-state index is -0.551. The minimum Gasteiger partial charge on any atom is -0.493 e. The first-order valence-electron chi connectivity index (χ1n) is 6.05. The standard InChI is InChI=1S/C13H17NO4/c1-2-14-13(16)5-6-17-9-3-4-10-11(15)8-18-12(10)7-9/h3-4,7,11,15H,2,5-6,8H2,1H3,(H,14,16). The van der Waals surface area contributed by atoms with E-state index in [1.807, 2.05) is 6.92 Å². The number of fused-ring (bicyclic) bond motifs is 1. The van der Waals surface area contributed by atoms with Crippen molar-refractivity contribution in [1.29, 1.82) is 0 Å². The molecule has 98 valence electrons. The number of aliphatic hydroxyl groups is 1. The van der Waals surface area contributed by atoms with Crippen LogP contribution in [-0.4, -0.2) is 30.8 Å². The number of nitrogens with one attached hydrogen (secondary N) is 1. The van der Waals surface area contributed by atoms with Gasteiger partial charge < -0.3 is 19.9 Å². The van der Waals surface area contributed by atoms with Gasteiger partial charge in [-0.15, -0.1) is 0 Å². The topological polar surface area (TPSA) is 67.8 Å². The number of hydrogen-bond donors (Lipinski definition) is 2. The molecule has 2 rings (SSSR count). The summed E-state index contributed by atoms with van der Waals surface area (Å²) in [6, 6.07) is 5.30. The number of amides is 1. The summed E-state index contributed by atoms with van der Waals surface area (Å²) in [5.41, 5.74) is 0.783. The normalized spacial score (nSPS) is 16.9. The molecule has 0 saturated carbocycles. The predicted molar refractivity (Wildman–Crippen MR) is 65.7 cm³/mol. The minimum absolute atomic E-state index is 0.0228. The quantitative estimate of drug-likeness (QED) is 0.819. The molecule has 0 aromatic heterocycles. The first-order chi connectivity index (χ1) is 8.70. The Hall–Kier alpha value is -1.75. The molecule has 0 radical (unpaired) electrons. The molecule has 1 amide bonds. The van der Waals surface area contributed by atoms with E-state index in [1.165, 1.54) is 0 Å². The maximum atomic E-state index is 11.2. The van der Waals surface area contributed by atoms with Gasteiger partial charge in [-0.1, -0.05) is 0 Å². The Bertz CT molecular complexity index is 433. The van der Waals surface area contributed by atoms with Crippen LogP contribution in [0.2, 0.25) is 0 Å². The van der Waals surface area contributed by atoms with E-state index in [1.54, 1.807) is 18.2 Å². The first-order valence-corrected chi connectivity index (χ1v) is 6.05. The highest BCUT2D eigenvalue weighted by atomic mass is 16.5. The van der Waals surface area contributed by atoms with Gasteiger partial charge in [0.1, 0.15) is 24.2 Å².